The van der Waals surface area contributed by atoms with Gasteiger partial charge in [0, 0.05) is 16.8 Å². The summed E-state index contributed by atoms with van der Waals surface area (Å²) in [7, 11) is 0. The summed E-state index contributed by atoms with van der Waals surface area (Å²) in [6.07, 6.45) is 0.871. The molecule has 0 aliphatic carbocycles. The third-order valence-electron chi connectivity index (χ3n) is 3.59. The molecule has 0 saturated carbocycles. The molecule has 4 nitrogen and oxygen atoms in total. The molecule has 1 N–H and O–H groups in total. The second-order valence-corrected chi connectivity index (χ2v) is 7.84. The van der Waals surface area contributed by atoms with Crippen LogP contribution in [0.5, 0.6) is 0 Å². The Morgan fingerprint density at radius 3 is 2.88 bits per heavy atom. The van der Waals surface area contributed by atoms with Gasteiger partial charge in [-0.25, -0.2) is 9.97 Å². The highest BCUT2D eigenvalue weighted by molar-refractivity contribution is 8.00. The average Bonchev–Trinajstić information content (AvgIpc) is 3.08. The highest BCUT2D eigenvalue weighted by Crippen LogP contribution is 2.28. The molecule has 3 rings (SSSR count). The molecular weight excluding hydrogens is 338 g/mol. The molecule has 6 heteroatoms. The van der Waals surface area contributed by atoms with Crippen molar-refractivity contribution in [2.24, 2.45) is 0 Å². The monoisotopic (exact) mass is 357 g/mol. The van der Waals surface area contributed by atoms with Crippen molar-refractivity contribution < 1.29 is 4.79 Å². The second-order valence-electron chi connectivity index (χ2n) is 5.47. The zero-order valence-electron chi connectivity index (χ0n) is 13.7. The molecule has 0 radical (unpaired) electrons. The van der Waals surface area contributed by atoms with Crippen molar-refractivity contribution in [2.45, 2.75) is 30.5 Å². The molecule has 2 heterocycles. The molecule has 0 bridgehead atoms. The van der Waals surface area contributed by atoms with Gasteiger partial charge in [-0.2, -0.15) is 0 Å². The van der Waals surface area contributed by atoms with Crippen LogP contribution in [-0.2, 0) is 11.2 Å². The van der Waals surface area contributed by atoms with E-state index in [9.17, 15) is 4.79 Å². The number of aromatic nitrogens is 2. The summed E-state index contributed by atoms with van der Waals surface area (Å²) in [5, 5.41) is 6.71. The number of carbonyl (C=O) groups excluding carboxylic acids is 1. The van der Waals surface area contributed by atoms with E-state index in [1.807, 2.05) is 44.2 Å². The Hall–Kier alpha value is -1.92. The van der Waals surface area contributed by atoms with Crippen LogP contribution >= 0.6 is 23.1 Å². The summed E-state index contributed by atoms with van der Waals surface area (Å²) in [6, 6.07) is 12.0. The SMILES string of the molecule is Cc1nc(SC(C)C(=O)NCCc2cccs2)c2ccccc2n1. The van der Waals surface area contributed by atoms with Crippen molar-refractivity contribution in [3.05, 3.63) is 52.5 Å². The summed E-state index contributed by atoms with van der Waals surface area (Å²) < 4.78 is 0. The summed E-state index contributed by atoms with van der Waals surface area (Å²) in [5.41, 5.74) is 0.915. The topological polar surface area (TPSA) is 54.9 Å². The van der Waals surface area contributed by atoms with E-state index in [4.69, 9.17) is 0 Å². The lowest BCUT2D eigenvalue weighted by Gasteiger charge is -2.13. The number of carbonyl (C=O) groups is 1. The third kappa shape index (κ3) is 4.13. The van der Waals surface area contributed by atoms with Crippen LogP contribution < -0.4 is 5.32 Å². The van der Waals surface area contributed by atoms with Crippen molar-refractivity contribution in [3.63, 3.8) is 0 Å². The fourth-order valence-electron chi connectivity index (χ4n) is 2.38. The third-order valence-corrected chi connectivity index (χ3v) is 5.63. The molecule has 24 heavy (non-hydrogen) atoms. The largest absolute Gasteiger partial charge is 0.355 e. The van der Waals surface area contributed by atoms with E-state index in [1.165, 1.54) is 16.6 Å². The van der Waals surface area contributed by atoms with Crippen LogP contribution in [0.15, 0.2) is 46.8 Å². The molecule has 1 unspecified atom stereocenters. The van der Waals surface area contributed by atoms with Gasteiger partial charge in [0.2, 0.25) is 5.91 Å². The van der Waals surface area contributed by atoms with E-state index in [-0.39, 0.29) is 11.2 Å². The van der Waals surface area contributed by atoms with Gasteiger partial charge >= 0.3 is 0 Å². The molecule has 1 aromatic carbocycles. The van der Waals surface area contributed by atoms with Gasteiger partial charge in [-0.3, -0.25) is 4.79 Å². The smallest absolute Gasteiger partial charge is 0.233 e. The first-order valence-electron chi connectivity index (χ1n) is 7.83. The highest BCUT2D eigenvalue weighted by atomic mass is 32.2. The van der Waals surface area contributed by atoms with Crippen molar-refractivity contribution in [1.29, 1.82) is 0 Å². The van der Waals surface area contributed by atoms with Gasteiger partial charge < -0.3 is 5.32 Å². The minimum atomic E-state index is -0.203. The molecule has 1 atom stereocenters. The van der Waals surface area contributed by atoms with E-state index >= 15 is 0 Å². The number of fused-ring (bicyclic) bond motifs is 1. The first kappa shape index (κ1) is 16.9. The Bertz CT molecular complexity index is 833. The number of amides is 1. The zero-order chi connectivity index (χ0) is 16.9. The van der Waals surface area contributed by atoms with Crippen LogP contribution in [0.3, 0.4) is 0 Å². The fourth-order valence-corrected chi connectivity index (χ4v) is 4.10. The standard InChI is InChI=1S/C18H19N3OS2/c1-12(17(22)19-10-9-14-6-5-11-23-14)24-18-15-7-3-4-8-16(15)20-13(2)21-18/h3-8,11-12H,9-10H2,1-2H3,(H,19,22). The van der Waals surface area contributed by atoms with Gasteiger partial charge in [-0.05, 0) is 37.8 Å². The minimum absolute atomic E-state index is 0.0388. The molecule has 0 aliphatic heterocycles. The first-order valence-corrected chi connectivity index (χ1v) is 9.59. The Morgan fingerprint density at radius 1 is 1.25 bits per heavy atom. The van der Waals surface area contributed by atoms with Gasteiger partial charge in [0.25, 0.3) is 0 Å². The zero-order valence-corrected chi connectivity index (χ0v) is 15.3. The maximum atomic E-state index is 12.3. The van der Waals surface area contributed by atoms with Crippen molar-refractivity contribution in [2.75, 3.05) is 6.54 Å². The maximum Gasteiger partial charge on any atom is 0.233 e. The highest BCUT2D eigenvalue weighted by Gasteiger charge is 2.17. The lowest BCUT2D eigenvalue weighted by molar-refractivity contribution is -0.120. The van der Waals surface area contributed by atoms with Crippen LogP contribution in [-0.4, -0.2) is 27.7 Å². The Labute approximate surface area is 149 Å². The summed E-state index contributed by atoms with van der Waals surface area (Å²) in [4.78, 5) is 22.6. The first-order chi connectivity index (χ1) is 11.6. The Morgan fingerprint density at radius 2 is 2.08 bits per heavy atom. The molecule has 124 valence electrons. The van der Waals surface area contributed by atoms with Crippen molar-refractivity contribution >= 4 is 39.9 Å². The molecule has 2 aromatic heterocycles. The van der Waals surface area contributed by atoms with Gasteiger partial charge in [-0.15, -0.1) is 11.3 Å². The normalized spacial score (nSPS) is 12.2. The molecule has 1 amide bonds. The molecule has 0 spiro atoms. The summed E-state index contributed by atoms with van der Waals surface area (Å²) in [5.74, 6) is 0.762. The molecule has 0 aliphatic rings. The predicted octanol–water partition coefficient (Wildman–Crippen LogP) is 3.84. The van der Waals surface area contributed by atoms with Crippen LogP contribution in [0.1, 0.15) is 17.6 Å². The molecule has 0 saturated heterocycles. The van der Waals surface area contributed by atoms with E-state index in [1.54, 1.807) is 11.3 Å². The summed E-state index contributed by atoms with van der Waals surface area (Å²) >= 11 is 3.20. The average molecular weight is 358 g/mol. The molecule has 0 fully saturated rings. The lowest BCUT2D eigenvalue weighted by atomic mass is 10.2. The van der Waals surface area contributed by atoms with Crippen LogP contribution in [0, 0.1) is 6.92 Å². The van der Waals surface area contributed by atoms with Crippen molar-refractivity contribution in [3.8, 4) is 0 Å². The van der Waals surface area contributed by atoms with E-state index in [0.29, 0.717) is 6.54 Å². The van der Waals surface area contributed by atoms with E-state index in [0.717, 1.165) is 28.2 Å². The number of para-hydroxylation sites is 1. The molecular formula is C18H19N3OS2. The number of aryl methyl sites for hydroxylation is 1. The van der Waals surface area contributed by atoms with Crippen LogP contribution in [0.25, 0.3) is 10.9 Å². The van der Waals surface area contributed by atoms with E-state index in [2.05, 4.69) is 26.7 Å². The van der Waals surface area contributed by atoms with Crippen molar-refractivity contribution in [1.82, 2.24) is 15.3 Å². The van der Waals surface area contributed by atoms with Crippen LogP contribution in [0.4, 0.5) is 0 Å². The number of rotatable bonds is 6. The van der Waals surface area contributed by atoms with Gasteiger partial charge in [0.05, 0.1) is 10.8 Å². The molecule has 3 aromatic rings. The van der Waals surface area contributed by atoms with Gasteiger partial charge in [-0.1, -0.05) is 36.0 Å². The number of hydrogen-bond donors (Lipinski definition) is 1. The predicted molar refractivity (Wildman–Crippen MR) is 101 cm³/mol. The quantitative estimate of drug-likeness (QED) is 0.538. The maximum absolute atomic E-state index is 12.3. The fraction of sp³-hybridized carbons (Fsp3) is 0.278. The second kappa shape index (κ2) is 7.77. The number of thiophene rings is 1. The van der Waals surface area contributed by atoms with Gasteiger partial charge in [0.1, 0.15) is 10.9 Å². The number of nitrogens with one attached hydrogen (secondary N) is 1. The lowest BCUT2D eigenvalue weighted by Crippen LogP contribution is -2.32. The Balaban J connectivity index is 1.63. The van der Waals surface area contributed by atoms with Gasteiger partial charge in [0.15, 0.2) is 0 Å². The number of hydrogen-bond acceptors (Lipinski definition) is 5. The van der Waals surface area contributed by atoms with Crippen LogP contribution in [0.2, 0.25) is 0 Å². The summed E-state index contributed by atoms with van der Waals surface area (Å²) in [6.45, 7) is 4.45. The van der Waals surface area contributed by atoms with E-state index < -0.39 is 0 Å². The number of thioether (sulfide) groups is 1. The minimum Gasteiger partial charge on any atom is -0.355 e. The Kier molecular flexibility index (Phi) is 5.48. The number of nitrogens with zero attached hydrogens (tertiary/aromatic N) is 2. The number of benzene rings is 1.